The fourth-order valence-electron chi connectivity index (χ4n) is 4.18. The maximum Gasteiger partial charge on any atom is 0.0381 e. The van der Waals surface area contributed by atoms with Crippen LogP contribution in [-0.2, 0) is 5.54 Å². The predicted molar refractivity (Wildman–Crippen MR) is 134 cm³/mol. The molecule has 29 heavy (non-hydrogen) atoms. The van der Waals surface area contributed by atoms with Gasteiger partial charge in [0.05, 0.1) is 0 Å². The molecular formula is C27H50ClN. The Labute approximate surface area is 189 Å². The molecule has 1 nitrogen and oxygen atoms in total. The van der Waals surface area contributed by atoms with E-state index in [0.29, 0.717) is 0 Å². The lowest BCUT2D eigenvalue weighted by Gasteiger charge is -2.25. The van der Waals surface area contributed by atoms with Crippen molar-refractivity contribution in [1.82, 2.24) is 0 Å². The molecule has 2 N–H and O–H groups in total. The number of halogens is 1. The molecule has 0 aliphatic carbocycles. The Balaban J connectivity index is 0.00000784. The van der Waals surface area contributed by atoms with Gasteiger partial charge in [0.2, 0.25) is 0 Å². The van der Waals surface area contributed by atoms with Gasteiger partial charge < -0.3 is 5.73 Å². The van der Waals surface area contributed by atoms with Crippen molar-refractivity contribution in [2.24, 2.45) is 5.73 Å². The molecule has 0 fully saturated rings. The molecule has 1 atom stereocenters. The molecule has 0 aliphatic heterocycles. The maximum atomic E-state index is 6.50. The predicted octanol–water partition coefficient (Wildman–Crippen LogP) is 9.32. The molecule has 1 aromatic rings. The minimum Gasteiger partial charge on any atom is -0.322 e. The molecule has 0 bridgehead atoms. The average molecular weight is 424 g/mol. The first kappa shape index (κ1) is 28.5. The number of rotatable bonds is 19. The topological polar surface area (TPSA) is 26.0 Å². The van der Waals surface area contributed by atoms with E-state index in [9.17, 15) is 0 Å². The van der Waals surface area contributed by atoms with Crippen molar-refractivity contribution in [3.05, 3.63) is 35.9 Å². The normalized spacial score (nSPS) is 13.1. The first-order valence-corrected chi connectivity index (χ1v) is 12.5. The molecule has 0 aromatic heterocycles. The van der Waals surface area contributed by atoms with Crippen LogP contribution in [0.15, 0.2) is 30.3 Å². The van der Waals surface area contributed by atoms with Crippen molar-refractivity contribution in [1.29, 1.82) is 0 Å². The van der Waals surface area contributed by atoms with Crippen LogP contribution in [0.3, 0.4) is 0 Å². The van der Waals surface area contributed by atoms with Gasteiger partial charge in [-0.3, -0.25) is 0 Å². The van der Waals surface area contributed by atoms with E-state index in [1.807, 2.05) is 0 Å². The maximum absolute atomic E-state index is 6.50. The lowest BCUT2D eigenvalue weighted by Crippen LogP contribution is -2.32. The Kier molecular flexibility index (Phi) is 19.1. The molecule has 0 aliphatic rings. The van der Waals surface area contributed by atoms with Crippen LogP contribution in [0, 0.1) is 0 Å². The van der Waals surface area contributed by atoms with Crippen molar-refractivity contribution in [3.8, 4) is 0 Å². The minimum absolute atomic E-state index is 0. The molecule has 2 heteroatoms. The Morgan fingerprint density at radius 2 is 0.931 bits per heavy atom. The highest BCUT2D eigenvalue weighted by molar-refractivity contribution is 5.85. The van der Waals surface area contributed by atoms with E-state index >= 15 is 0 Å². The SMILES string of the molecule is CCCCCCCCCCCCCCCCCCCC(C)(N)c1ccccc1.Cl. The summed E-state index contributed by atoms with van der Waals surface area (Å²) in [5.74, 6) is 0. The van der Waals surface area contributed by atoms with Crippen molar-refractivity contribution >= 4 is 12.4 Å². The van der Waals surface area contributed by atoms with E-state index in [2.05, 4.69) is 44.2 Å². The summed E-state index contributed by atoms with van der Waals surface area (Å²) in [5.41, 5.74) is 7.60. The Morgan fingerprint density at radius 1 is 0.586 bits per heavy atom. The molecule has 0 saturated heterocycles. The molecule has 170 valence electrons. The van der Waals surface area contributed by atoms with Crippen LogP contribution < -0.4 is 5.73 Å². The lowest BCUT2D eigenvalue weighted by molar-refractivity contribution is 0.420. The second-order valence-corrected chi connectivity index (χ2v) is 9.19. The first-order chi connectivity index (χ1) is 13.7. The van der Waals surface area contributed by atoms with Gasteiger partial charge in [0.1, 0.15) is 0 Å². The molecule has 0 amide bonds. The minimum atomic E-state index is -0.170. The first-order valence-electron chi connectivity index (χ1n) is 12.5. The van der Waals surface area contributed by atoms with Gasteiger partial charge in [0.15, 0.2) is 0 Å². The smallest absolute Gasteiger partial charge is 0.0381 e. The highest BCUT2D eigenvalue weighted by atomic mass is 35.5. The third kappa shape index (κ3) is 15.9. The summed E-state index contributed by atoms with van der Waals surface area (Å²) in [5, 5.41) is 0. The van der Waals surface area contributed by atoms with Crippen molar-refractivity contribution < 1.29 is 0 Å². The molecule has 0 heterocycles. The fourth-order valence-corrected chi connectivity index (χ4v) is 4.18. The van der Waals surface area contributed by atoms with Crippen molar-refractivity contribution in [3.63, 3.8) is 0 Å². The number of hydrogen-bond donors (Lipinski definition) is 1. The van der Waals surface area contributed by atoms with E-state index in [-0.39, 0.29) is 17.9 Å². The van der Waals surface area contributed by atoms with Gasteiger partial charge in [0, 0.05) is 5.54 Å². The molecule has 0 radical (unpaired) electrons. The van der Waals surface area contributed by atoms with Gasteiger partial charge in [-0.2, -0.15) is 0 Å². The zero-order valence-corrected chi connectivity index (χ0v) is 20.4. The van der Waals surface area contributed by atoms with E-state index in [1.165, 1.54) is 115 Å². The molecule has 0 spiro atoms. The van der Waals surface area contributed by atoms with Gasteiger partial charge in [-0.25, -0.2) is 0 Å². The second-order valence-electron chi connectivity index (χ2n) is 9.19. The average Bonchev–Trinajstić information content (AvgIpc) is 2.71. The third-order valence-corrected chi connectivity index (χ3v) is 6.23. The summed E-state index contributed by atoms with van der Waals surface area (Å²) < 4.78 is 0. The van der Waals surface area contributed by atoms with Crippen LogP contribution in [0.2, 0.25) is 0 Å². The lowest BCUT2D eigenvalue weighted by atomic mass is 9.87. The van der Waals surface area contributed by atoms with E-state index in [0.717, 1.165) is 6.42 Å². The van der Waals surface area contributed by atoms with E-state index in [4.69, 9.17) is 5.73 Å². The zero-order valence-electron chi connectivity index (χ0n) is 19.6. The Morgan fingerprint density at radius 3 is 1.31 bits per heavy atom. The standard InChI is InChI=1S/C27H49N.ClH/c1-3-4-5-6-7-8-9-10-11-12-13-14-15-16-17-18-22-25-27(2,28)26-23-20-19-21-24-26;/h19-21,23-24H,3-18,22,25,28H2,1-2H3;1H. The fraction of sp³-hybridized carbons (Fsp3) is 0.778. The highest BCUT2D eigenvalue weighted by Crippen LogP contribution is 2.24. The number of benzene rings is 1. The number of unbranched alkanes of at least 4 members (excludes halogenated alkanes) is 16. The van der Waals surface area contributed by atoms with Gasteiger partial charge in [-0.15, -0.1) is 12.4 Å². The summed E-state index contributed by atoms with van der Waals surface area (Å²) >= 11 is 0. The monoisotopic (exact) mass is 423 g/mol. The van der Waals surface area contributed by atoms with Gasteiger partial charge in [-0.05, 0) is 18.9 Å². The molecule has 1 rings (SSSR count). The van der Waals surface area contributed by atoms with E-state index in [1.54, 1.807) is 0 Å². The van der Waals surface area contributed by atoms with Crippen LogP contribution in [-0.4, -0.2) is 0 Å². The number of nitrogens with two attached hydrogens (primary N) is 1. The summed E-state index contributed by atoms with van der Waals surface area (Å²) in [6.07, 6.45) is 25.3. The van der Waals surface area contributed by atoms with Gasteiger partial charge in [-0.1, -0.05) is 146 Å². The Hall–Kier alpha value is -0.530. The third-order valence-electron chi connectivity index (χ3n) is 6.23. The quantitative estimate of drug-likeness (QED) is 0.220. The summed E-state index contributed by atoms with van der Waals surface area (Å²) in [7, 11) is 0. The second kappa shape index (κ2) is 19.4. The highest BCUT2D eigenvalue weighted by Gasteiger charge is 2.19. The Bertz CT molecular complexity index is 443. The molecule has 0 saturated carbocycles. The largest absolute Gasteiger partial charge is 0.322 e. The van der Waals surface area contributed by atoms with Crippen molar-refractivity contribution in [2.45, 2.75) is 135 Å². The van der Waals surface area contributed by atoms with Gasteiger partial charge >= 0.3 is 0 Å². The van der Waals surface area contributed by atoms with Crippen LogP contribution in [0.1, 0.15) is 135 Å². The van der Waals surface area contributed by atoms with Crippen LogP contribution >= 0.6 is 12.4 Å². The molecule has 1 aromatic carbocycles. The summed E-state index contributed by atoms with van der Waals surface area (Å²) in [6, 6.07) is 10.6. The summed E-state index contributed by atoms with van der Waals surface area (Å²) in [4.78, 5) is 0. The van der Waals surface area contributed by atoms with Crippen LogP contribution in [0.4, 0.5) is 0 Å². The van der Waals surface area contributed by atoms with Crippen LogP contribution in [0.25, 0.3) is 0 Å². The number of hydrogen-bond acceptors (Lipinski definition) is 1. The molecule has 1 unspecified atom stereocenters. The zero-order chi connectivity index (χ0) is 20.3. The van der Waals surface area contributed by atoms with E-state index < -0.39 is 0 Å². The van der Waals surface area contributed by atoms with Crippen molar-refractivity contribution in [2.75, 3.05) is 0 Å². The molecular weight excluding hydrogens is 374 g/mol. The summed E-state index contributed by atoms with van der Waals surface area (Å²) in [6.45, 7) is 4.47. The van der Waals surface area contributed by atoms with Gasteiger partial charge in [0.25, 0.3) is 0 Å². The van der Waals surface area contributed by atoms with Crippen LogP contribution in [0.5, 0.6) is 0 Å².